The Bertz CT molecular complexity index is 2160. The third kappa shape index (κ3) is 68.8. The first-order valence-corrected chi connectivity index (χ1v) is 40.8. The number of carbonyl (C=O) groups is 4. The van der Waals surface area contributed by atoms with Gasteiger partial charge in [-0.05, 0) is 96.3 Å². The molecule has 0 radical (unpaired) electrons. The van der Waals surface area contributed by atoms with Gasteiger partial charge in [-0.1, -0.05) is 286 Å². The van der Waals surface area contributed by atoms with Gasteiger partial charge in [0.1, 0.15) is 19.3 Å². The van der Waals surface area contributed by atoms with E-state index in [2.05, 4.69) is 113 Å². The molecular formula is C77H136O17P2. The van der Waals surface area contributed by atoms with Crippen LogP contribution in [-0.2, 0) is 65.4 Å². The zero-order valence-electron chi connectivity index (χ0n) is 60.5. The van der Waals surface area contributed by atoms with E-state index in [0.717, 1.165) is 161 Å². The van der Waals surface area contributed by atoms with Crippen LogP contribution in [0.1, 0.15) is 323 Å². The Labute approximate surface area is 583 Å². The molecule has 0 amide bonds. The van der Waals surface area contributed by atoms with Crippen molar-refractivity contribution in [2.45, 2.75) is 341 Å². The van der Waals surface area contributed by atoms with E-state index in [-0.39, 0.29) is 25.7 Å². The highest BCUT2D eigenvalue weighted by molar-refractivity contribution is 7.47. The smallest absolute Gasteiger partial charge is 0.462 e. The van der Waals surface area contributed by atoms with Crippen molar-refractivity contribution in [3.63, 3.8) is 0 Å². The van der Waals surface area contributed by atoms with Crippen LogP contribution in [0.3, 0.4) is 0 Å². The number of phosphoric ester groups is 2. The summed E-state index contributed by atoms with van der Waals surface area (Å²) >= 11 is 0. The van der Waals surface area contributed by atoms with Gasteiger partial charge in [0.25, 0.3) is 0 Å². The molecule has 0 heterocycles. The fourth-order valence-corrected chi connectivity index (χ4v) is 11.7. The molecule has 0 bridgehead atoms. The van der Waals surface area contributed by atoms with Crippen molar-refractivity contribution in [3.8, 4) is 0 Å². The SMILES string of the molecule is CC/C=C\C/C=C\C/C=C\C/C=C\CCCCCCC(=O)OCC(COP(=O)(O)OCC(O)COP(=O)(O)OCC(COC(=O)CCCCCCCCCCCCC)OC(=O)CCCCCCCCCCCCC)OC(=O)CCCCCCCCC/C=C\C/C=C\C/C=C\CC. The molecule has 556 valence electrons. The molecule has 0 aromatic heterocycles. The standard InChI is InChI=1S/C77H136O17P2/c1-5-9-13-17-21-25-29-31-33-35-37-39-43-46-50-54-58-62-75(80)88-68-73(94-77(82)64-60-56-52-48-44-40-38-36-34-32-30-26-22-18-14-10-6-2)70-92-96(85,86)90-66-71(78)65-89-95(83,84)91-69-72(93-76(81)63-59-55-51-47-42-28-24-20-16-12-8-4)67-87-74(79)61-57-53-49-45-41-27-23-19-15-11-7-3/h9-10,13-14,21-22,25-26,31-34,37,39,71-73,78H,5-8,11-12,15-20,23-24,27-30,35-36,38,40-70H2,1-4H3,(H,83,84)(H,85,86)/b13-9-,14-10-,25-21-,26-22-,33-31-,34-32-,39-37-. The maximum absolute atomic E-state index is 13.1. The Morgan fingerprint density at radius 3 is 0.833 bits per heavy atom. The van der Waals surface area contributed by atoms with Crippen LogP contribution in [0.2, 0.25) is 0 Å². The van der Waals surface area contributed by atoms with Crippen molar-refractivity contribution in [2.75, 3.05) is 39.6 Å². The molecule has 0 spiro atoms. The molecule has 0 aliphatic rings. The quantitative estimate of drug-likeness (QED) is 0.0169. The lowest BCUT2D eigenvalue weighted by molar-refractivity contribution is -0.161. The zero-order chi connectivity index (χ0) is 70.4. The van der Waals surface area contributed by atoms with Crippen molar-refractivity contribution in [3.05, 3.63) is 85.1 Å². The zero-order valence-corrected chi connectivity index (χ0v) is 62.3. The number of ether oxygens (including phenoxy) is 4. The monoisotopic (exact) mass is 1390 g/mol. The van der Waals surface area contributed by atoms with E-state index in [1.54, 1.807) is 0 Å². The lowest BCUT2D eigenvalue weighted by Gasteiger charge is -2.21. The fourth-order valence-electron chi connectivity index (χ4n) is 10.2. The number of hydrogen-bond acceptors (Lipinski definition) is 15. The first-order chi connectivity index (χ1) is 46.7. The van der Waals surface area contributed by atoms with E-state index < -0.39 is 97.5 Å². The van der Waals surface area contributed by atoms with Gasteiger partial charge in [-0.15, -0.1) is 0 Å². The number of aliphatic hydroxyl groups is 1. The minimum atomic E-state index is -4.98. The Balaban J connectivity index is 5.33. The first-order valence-electron chi connectivity index (χ1n) is 37.8. The lowest BCUT2D eigenvalue weighted by Crippen LogP contribution is -2.30. The van der Waals surface area contributed by atoms with Crippen molar-refractivity contribution < 1.29 is 80.2 Å². The minimum Gasteiger partial charge on any atom is -0.462 e. The van der Waals surface area contributed by atoms with Crippen LogP contribution in [-0.4, -0.2) is 96.7 Å². The Kier molecular flexibility index (Phi) is 67.0. The van der Waals surface area contributed by atoms with Gasteiger partial charge < -0.3 is 33.8 Å². The van der Waals surface area contributed by atoms with E-state index in [1.807, 2.05) is 0 Å². The van der Waals surface area contributed by atoms with Gasteiger partial charge in [0.2, 0.25) is 0 Å². The molecular weight excluding hydrogens is 1260 g/mol. The van der Waals surface area contributed by atoms with Crippen molar-refractivity contribution >= 4 is 39.5 Å². The molecule has 0 saturated carbocycles. The fraction of sp³-hybridized carbons (Fsp3) is 0.766. The molecule has 17 nitrogen and oxygen atoms in total. The van der Waals surface area contributed by atoms with Crippen LogP contribution in [0.4, 0.5) is 0 Å². The summed E-state index contributed by atoms with van der Waals surface area (Å²) in [6.07, 6.45) is 70.1. The lowest BCUT2D eigenvalue weighted by atomic mass is 10.1. The highest BCUT2D eigenvalue weighted by Gasteiger charge is 2.30. The second-order valence-electron chi connectivity index (χ2n) is 25.2. The second-order valence-corrected chi connectivity index (χ2v) is 28.1. The van der Waals surface area contributed by atoms with Crippen LogP contribution in [0, 0.1) is 0 Å². The van der Waals surface area contributed by atoms with Crippen molar-refractivity contribution in [1.29, 1.82) is 0 Å². The Morgan fingerprint density at radius 2 is 0.542 bits per heavy atom. The molecule has 5 atom stereocenters. The van der Waals surface area contributed by atoms with Gasteiger partial charge in [-0.3, -0.25) is 37.3 Å². The maximum Gasteiger partial charge on any atom is 0.472 e. The predicted octanol–water partition coefficient (Wildman–Crippen LogP) is 21.4. The summed E-state index contributed by atoms with van der Waals surface area (Å²) in [6, 6.07) is 0. The highest BCUT2D eigenvalue weighted by Crippen LogP contribution is 2.45. The third-order valence-electron chi connectivity index (χ3n) is 15.9. The number of hydrogen-bond donors (Lipinski definition) is 3. The second kappa shape index (κ2) is 69.7. The summed E-state index contributed by atoms with van der Waals surface area (Å²) in [5, 5.41) is 10.6. The van der Waals surface area contributed by atoms with E-state index >= 15 is 0 Å². The number of phosphoric acid groups is 2. The van der Waals surface area contributed by atoms with Gasteiger partial charge in [0.05, 0.1) is 26.4 Å². The average Bonchev–Trinajstić information content (AvgIpc) is 1.85. The molecule has 19 heteroatoms. The van der Waals surface area contributed by atoms with E-state index in [9.17, 15) is 43.2 Å². The molecule has 0 saturated heterocycles. The van der Waals surface area contributed by atoms with E-state index in [0.29, 0.717) is 25.7 Å². The van der Waals surface area contributed by atoms with Crippen LogP contribution < -0.4 is 0 Å². The van der Waals surface area contributed by atoms with Crippen LogP contribution >= 0.6 is 15.6 Å². The van der Waals surface area contributed by atoms with Gasteiger partial charge in [-0.2, -0.15) is 0 Å². The number of rotatable bonds is 71. The molecule has 0 rings (SSSR count). The summed E-state index contributed by atoms with van der Waals surface area (Å²) in [5.41, 5.74) is 0. The van der Waals surface area contributed by atoms with Gasteiger partial charge in [0, 0.05) is 25.7 Å². The molecule has 0 aromatic rings. The number of unbranched alkanes of at least 4 members (excludes halogenated alkanes) is 31. The molecule has 3 N–H and O–H groups in total. The van der Waals surface area contributed by atoms with Crippen molar-refractivity contribution in [2.24, 2.45) is 0 Å². The number of aliphatic hydroxyl groups excluding tert-OH is 1. The summed E-state index contributed by atoms with van der Waals surface area (Å²) in [6.45, 7) is 4.63. The maximum atomic E-state index is 13.1. The van der Waals surface area contributed by atoms with E-state index in [1.165, 1.54) is 83.5 Å². The van der Waals surface area contributed by atoms with Crippen LogP contribution in [0.25, 0.3) is 0 Å². The van der Waals surface area contributed by atoms with Gasteiger partial charge in [-0.25, -0.2) is 9.13 Å². The molecule has 96 heavy (non-hydrogen) atoms. The summed E-state index contributed by atoms with van der Waals surface area (Å²) in [7, 11) is -9.94. The molecule has 0 aromatic carbocycles. The normalized spacial score (nSPS) is 14.4. The Hall–Kier alpha value is -3.76. The average molecular weight is 1400 g/mol. The van der Waals surface area contributed by atoms with Crippen molar-refractivity contribution in [1.82, 2.24) is 0 Å². The predicted molar refractivity (Wildman–Crippen MR) is 390 cm³/mol. The Morgan fingerprint density at radius 1 is 0.302 bits per heavy atom. The molecule has 0 aliphatic carbocycles. The van der Waals surface area contributed by atoms with E-state index in [4.69, 9.17) is 37.0 Å². The molecule has 0 aliphatic heterocycles. The number of carbonyl (C=O) groups excluding carboxylic acids is 4. The molecule has 0 fully saturated rings. The van der Waals surface area contributed by atoms with Crippen LogP contribution in [0.5, 0.6) is 0 Å². The minimum absolute atomic E-state index is 0.0790. The third-order valence-corrected chi connectivity index (χ3v) is 17.8. The van der Waals surface area contributed by atoms with Gasteiger partial charge in [0.15, 0.2) is 12.2 Å². The topological polar surface area (TPSA) is 237 Å². The summed E-state index contributed by atoms with van der Waals surface area (Å²) in [5.74, 6) is -2.19. The summed E-state index contributed by atoms with van der Waals surface area (Å²) in [4.78, 5) is 72.7. The number of esters is 4. The highest BCUT2D eigenvalue weighted by atomic mass is 31.2. The largest absolute Gasteiger partial charge is 0.472 e. The number of allylic oxidation sites excluding steroid dienone is 14. The summed E-state index contributed by atoms with van der Waals surface area (Å²) < 4.78 is 68.4. The van der Waals surface area contributed by atoms with Crippen LogP contribution in [0.15, 0.2) is 85.1 Å². The van der Waals surface area contributed by atoms with Gasteiger partial charge >= 0.3 is 39.5 Å². The molecule has 5 unspecified atom stereocenters. The first kappa shape index (κ1) is 92.2.